The lowest BCUT2D eigenvalue weighted by Gasteiger charge is -2.59. The first-order valence-corrected chi connectivity index (χ1v) is 12.8. The molecule has 3 saturated carbocycles. The first-order valence-electron chi connectivity index (χ1n) is 12.8. The van der Waals surface area contributed by atoms with Crippen molar-refractivity contribution in [3.8, 4) is 0 Å². The number of esters is 1. The average molecular weight is 474 g/mol. The van der Waals surface area contributed by atoms with Crippen LogP contribution in [0.4, 0.5) is 4.79 Å². The maximum absolute atomic E-state index is 13.7. The van der Waals surface area contributed by atoms with Crippen LogP contribution in [0.1, 0.15) is 78.6 Å². The van der Waals surface area contributed by atoms with Crippen molar-refractivity contribution < 1.29 is 28.7 Å². The van der Waals surface area contributed by atoms with Gasteiger partial charge in [-0.3, -0.25) is 14.4 Å². The fourth-order valence-corrected chi connectivity index (χ4v) is 7.88. The van der Waals surface area contributed by atoms with Gasteiger partial charge in [-0.2, -0.15) is 0 Å². The van der Waals surface area contributed by atoms with Crippen molar-refractivity contribution in [3.05, 3.63) is 11.6 Å². The highest BCUT2D eigenvalue weighted by Gasteiger charge is 2.68. The molecule has 34 heavy (non-hydrogen) atoms. The Hall–Kier alpha value is -2.18. The number of hydrogen-bond donors (Lipinski definition) is 0. The van der Waals surface area contributed by atoms with Crippen LogP contribution in [-0.2, 0) is 23.9 Å². The number of rotatable bonds is 5. The van der Waals surface area contributed by atoms with Gasteiger partial charge in [0, 0.05) is 32.4 Å². The Morgan fingerprint density at radius 3 is 2.41 bits per heavy atom. The number of ether oxygens (including phenoxy) is 2. The van der Waals surface area contributed by atoms with E-state index in [0.717, 1.165) is 38.5 Å². The molecule has 0 radical (unpaired) electrons. The number of hydrogen-bond acceptors (Lipinski definition) is 6. The molecule has 0 bridgehead atoms. The maximum atomic E-state index is 13.7. The van der Waals surface area contributed by atoms with Crippen molar-refractivity contribution in [2.75, 3.05) is 20.7 Å². The molecule has 0 heterocycles. The van der Waals surface area contributed by atoms with E-state index >= 15 is 0 Å². The van der Waals surface area contributed by atoms with Crippen LogP contribution >= 0.6 is 0 Å². The van der Waals surface area contributed by atoms with Crippen LogP contribution in [0.5, 0.6) is 0 Å². The molecule has 6 atom stereocenters. The molecule has 4 aliphatic rings. The molecule has 1 amide bonds. The summed E-state index contributed by atoms with van der Waals surface area (Å²) >= 11 is 0. The molecule has 7 nitrogen and oxygen atoms in total. The zero-order valence-corrected chi connectivity index (χ0v) is 21.3. The molecule has 0 unspecified atom stereocenters. The molecule has 188 valence electrons. The minimum atomic E-state index is -1.26. The van der Waals surface area contributed by atoms with Crippen LogP contribution in [-0.4, -0.2) is 54.8 Å². The van der Waals surface area contributed by atoms with Crippen molar-refractivity contribution in [2.45, 2.75) is 84.2 Å². The summed E-state index contributed by atoms with van der Waals surface area (Å²) in [6.07, 6.45) is 7.95. The first-order chi connectivity index (χ1) is 16.0. The number of Topliss-reactive ketones (excluding diaryl/α,β-unsaturated/α-hetero) is 1. The van der Waals surface area contributed by atoms with E-state index in [2.05, 4.69) is 13.8 Å². The van der Waals surface area contributed by atoms with Gasteiger partial charge in [0.1, 0.15) is 0 Å². The third-order valence-electron chi connectivity index (χ3n) is 9.80. The van der Waals surface area contributed by atoms with Gasteiger partial charge in [-0.05, 0) is 74.2 Å². The SMILES string of the molecule is CCC(=O)O[C@]1(C(=O)COC(=O)N(C)C)CC[C@H]2[C@@H]3CCC4=CC(=O)CC[C@]4(C)[C@H]3CC[C@@]21C. The number of ketones is 2. The Balaban J connectivity index is 1.64. The summed E-state index contributed by atoms with van der Waals surface area (Å²) in [6, 6.07) is 0. The molecule has 0 aromatic carbocycles. The monoisotopic (exact) mass is 473 g/mol. The molecule has 0 aromatic rings. The van der Waals surface area contributed by atoms with Crippen LogP contribution in [0.2, 0.25) is 0 Å². The summed E-state index contributed by atoms with van der Waals surface area (Å²) in [5, 5.41) is 0. The summed E-state index contributed by atoms with van der Waals surface area (Å²) in [4.78, 5) is 51.6. The highest BCUT2D eigenvalue weighted by atomic mass is 16.6. The molecule has 0 spiro atoms. The van der Waals surface area contributed by atoms with Crippen LogP contribution < -0.4 is 0 Å². The van der Waals surface area contributed by atoms with E-state index in [4.69, 9.17) is 9.47 Å². The Morgan fingerprint density at radius 2 is 1.74 bits per heavy atom. The smallest absolute Gasteiger partial charge is 0.409 e. The zero-order valence-electron chi connectivity index (χ0n) is 21.3. The summed E-state index contributed by atoms with van der Waals surface area (Å²) in [5.41, 5.74) is -0.416. The van der Waals surface area contributed by atoms with Crippen molar-refractivity contribution in [2.24, 2.45) is 28.6 Å². The van der Waals surface area contributed by atoms with Crippen molar-refractivity contribution >= 4 is 23.6 Å². The third-order valence-corrected chi connectivity index (χ3v) is 9.80. The predicted molar refractivity (Wildman–Crippen MR) is 126 cm³/mol. The average Bonchev–Trinajstić information content (AvgIpc) is 3.10. The summed E-state index contributed by atoms with van der Waals surface area (Å²) in [5.74, 6) is 0.699. The molecule has 0 N–H and O–H groups in total. The van der Waals surface area contributed by atoms with Gasteiger partial charge in [0.2, 0.25) is 5.78 Å². The lowest BCUT2D eigenvalue weighted by Crippen LogP contribution is -2.60. The minimum absolute atomic E-state index is 0.0365. The van der Waals surface area contributed by atoms with Crippen molar-refractivity contribution in [1.82, 2.24) is 4.90 Å². The Kier molecular flexibility index (Phi) is 6.45. The van der Waals surface area contributed by atoms with Crippen LogP contribution in [0.25, 0.3) is 0 Å². The number of nitrogens with zero attached hydrogens (tertiary/aromatic N) is 1. The molecule has 0 aromatic heterocycles. The molecular weight excluding hydrogens is 434 g/mol. The lowest BCUT2D eigenvalue weighted by molar-refractivity contribution is -0.191. The molecule has 7 heteroatoms. The second-order valence-electron chi connectivity index (χ2n) is 11.5. The van der Waals surface area contributed by atoms with Gasteiger partial charge < -0.3 is 14.4 Å². The molecule has 3 fully saturated rings. The fourth-order valence-electron chi connectivity index (χ4n) is 7.88. The highest BCUT2D eigenvalue weighted by Crippen LogP contribution is 2.68. The second kappa shape index (κ2) is 8.80. The van der Waals surface area contributed by atoms with E-state index in [1.165, 1.54) is 10.5 Å². The van der Waals surface area contributed by atoms with Crippen molar-refractivity contribution in [1.29, 1.82) is 0 Å². The Bertz CT molecular complexity index is 924. The normalized spacial score (nSPS) is 38.7. The Morgan fingerprint density at radius 1 is 1.03 bits per heavy atom. The zero-order chi connectivity index (χ0) is 24.9. The summed E-state index contributed by atoms with van der Waals surface area (Å²) in [6.45, 7) is 5.79. The van der Waals surface area contributed by atoms with Gasteiger partial charge >= 0.3 is 12.1 Å². The number of carbonyl (C=O) groups is 4. The molecule has 0 aliphatic heterocycles. The van der Waals surface area contributed by atoms with Gasteiger partial charge in [0.05, 0.1) is 0 Å². The van der Waals surface area contributed by atoms with E-state index in [9.17, 15) is 19.2 Å². The third kappa shape index (κ3) is 3.70. The number of allylic oxidation sites excluding steroid dienone is 1. The van der Waals surface area contributed by atoms with Gasteiger partial charge in [-0.25, -0.2) is 4.79 Å². The minimum Gasteiger partial charge on any atom is -0.450 e. The topological polar surface area (TPSA) is 90.0 Å². The van der Waals surface area contributed by atoms with Gasteiger partial charge in [0.15, 0.2) is 18.0 Å². The van der Waals surface area contributed by atoms with Crippen LogP contribution in [0.15, 0.2) is 11.6 Å². The molecule has 4 aliphatic carbocycles. The number of carbonyl (C=O) groups excluding carboxylic acids is 4. The van der Waals surface area contributed by atoms with Crippen LogP contribution in [0, 0.1) is 28.6 Å². The van der Waals surface area contributed by atoms with E-state index in [1.807, 2.05) is 6.08 Å². The fraction of sp³-hybridized carbons (Fsp3) is 0.778. The van der Waals surface area contributed by atoms with Gasteiger partial charge in [-0.1, -0.05) is 26.3 Å². The molecule has 4 rings (SSSR count). The molecule has 0 saturated heterocycles. The van der Waals surface area contributed by atoms with Gasteiger partial charge in [0.25, 0.3) is 0 Å². The summed E-state index contributed by atoms with van der Waals surface area (Å²) < 4.78 is 11.3. The highest BCUT2D eigenvalue weighted by molar-refractivity contribution is 5.93. The lowest BCUT2D eigenvalue weighted by atomic mass is 9.46. The molecular formula is C27H39NO6. The first kappa shape index (κ1) is 24.9. The second-order valence-corrected chi connectivity index (χ2v) is 11.5. The van der Waals surface area contributed by atoms with E-state index in [-0.39, 0.29) is 35.3 Å². The van der Waals surface area contributed by atoms with E-state index in [0.29, 0.717) is 24.7 Å². The van der Waals surface area contributed by atoms with Gasteiger partial charge in [-0.15, -0.1) is 0 Å². The van der Waals surface area contributed by atoms with Crippen molar-refractivity contribution in [3.63, 3.8) is 0 Å². The van der Waals surface area contributed by atoms with E-state index in [1.54, 1.807) is 21.0 Å². The standard InChI is InChI=1S/C27H39NO6/c1-6-23(31)34-27(22(30)16-33-24(32)28(4)5)14-11-21-19-8-7-17-15-18(29)9-12-25(17,2)20(19)10-13-26(21,27)3/h15,19-21H,6-14,16H2,1-5H3/t19-,20+,21+,25+,26+,27+/m1/s1. The summed E-state index contributed by atoms with van der Waals surface area (Å²) in [7, 11) is 3.14. The maximum Gasteiger partial charge on any atom is 0.409 e. The van der Waals surface area contributed by atoms with Crippen LogP contribution in [0.3, 0.4) is 0 Å². The predicted octanol–water partition coefficient (Wildman–Crippen LogP) is 4.48. The van der Waals surface area contributed by atoms with E-state index < -0.39 is 23.7 Å². The largest absolute Gasteiger partial charge is 0.450 e. The number of amides is 1. The Labute approximate surface area is 202 Å². The quantitative estimate of drug-likeness (QED) is 0.547. The number of fused-ring (bicyclic) bond motifs is 5.